The smallest absolute Gasteiger partial charge is 0.314 e. The van der Waals surface area contributed by atoms with E-state index in [4.69, 9.17) is 4.74 Å². The lowest BCUT2D eigenvalue weighted by Crippen LogP contribution is -2.22. The number of hydrogen-bond acceptors (Lipinski definition) is 5. The van der Waals surface area contributed by atoms with Crippen LogP contribution in [0, 0.1) is 17.0 Å². The molecular weight excluding hydrogens is 246 g/mol. The van der Waals surface area contributed by atoms with Gasteiger partial charge in [-0.1, -0.05) is 0 Å². The molecule has 104 valence electrons. The molecule has 2 rings (SSSR count). The lowest BCUT2D eigenvalue weighted by atomic mass is 10.1. The average Bonchev–Trinajstić information content (AvgIpc) is 2.39. The second-order valence-electron chi connectivity index (χ2n) is 4.79. The molecular formula is C13H19N3O3. The van der Waals surface area contributed by atoms with Crippen LogP contribution in [-0.2, 0) is 4.74 Å². The molecule has 1 atom stereocenters. The molecule has 1 N–H and O–H groups in total. The Morgan fingerprint density at radius 2 is 2.42 bits per heavy atom. The Balaban J connectivity index is 1.92. The van der Waals surface area contributed by atoms with Crippen LogP contribution in [-0.4, -0.2) is 29.2 Å². The molecule has 2 heterocycles. The fourth-order valence-corrected chi connectivity index (χ4v) is 2.30. The monoisotopic (exact) mass is 265 g/mol. The maximum atomic E-state index is 11.0. The number of anilines is 1. The van der Waals surface area contributed by atoms with Gasteiger partial charge in [0.1, 0.15) is 0 Å². The van der Waals surface area contributed by atoms with Gasteiger partial charge >= 0.3 is 5.69 Å². The van der Waals surface area contributed by atoms with Crippen LogP contribution in [0.25, 0.3) is 0 Å². The summed E-state index contributed by atoms with van der Waals surface area (Å²) >= 11 is 0. The SMILES string of the molecule is Cc1ccnc(NCCC2CCCCO2)c1[N+](=O)[O-]. The van der Waals surface area contributed by atoms with Crippen molar-refractivity contribution in [3.8, 4) is 0 Å². The highest BCUT2D eigenvalue weighted by atomic mass is 16.6. The van der Waals surface area contributed by atoms with Gasteiger partial charge in [0, 0.05) is 24.9 Å². The number of pyridine rings is 1. The Kier molecular flexibility index (Phi) is 4.68. The Labute approximate surface area is 112 Å². The molecule has 1 fully saturated rings. The number of aromatic nitrogens is 1. The summed E-state index contributed by atoms with van der Waals surface area (Å²) in [7, 11) is 0. The van der Waals surface area contributed by atoms with Gasteiger partial charge in [-0.2, -0.15) is 0 Å². The topological polar surface area (TPSA) is 77.3 Å². The van der Waals surface area contributed by atoms with Crippen LogP contribution in [0.3, 0.4) is 0 Å². The molecule has 1 aliphatic heterocycles. The highest BCUT2D eigenvalue weighted by Gasteiger charge is 2.19. The average molecular weight is 265 g/mol. The summed E-state index contributed by atoms with van der Waals surface area (Å²) in [6.45, 7) is 3.19. The van der Waals surface area contributed by atoms with E-state index in [0.717, 1.165) is 25.9 Å². The molecule has 19 heavy (non-hydrogen) atoms. The molecule has 6 heteroatoms. The minimum atomic E-state index is -0.387. The standard InChI is InChI=1S/C13H19N3O3/c1-10-5-7-14-13(12(10)16(17)18)15-8-6-11-4-2-3-9-19-11/h5,7,11H,2-4,6,8-9H2,1H3,(H,14,15). The summed E-state index contributed by atoms with van der Waals surface area (Å²) in [4.78, 5) is 14.7. The Morgan fingerprint density at radius 3 is 3.11 bits per heavy atom. The van der Waals surface area contributed by atoms with Crippen LogP contribution >= 0.6 is 0 Å². The van der Waals surface area contributed by atoms with E-state index in [1.54, 1.807) is 19.2 Å². The minimum Gasteiger partial charge on any atom is -0.378 e. The van der Waals surface area contributed by atoms with Crippen molar-refractivity contribution in [2.75, 3.05) is 18.5 Å². The van der Waals surface area contributed by atoms with Crippen LogP contribution < -0.4 is 5.32 Å². The summed E-state index contributed by atoms with van der Waals surface area (Å²) in [5.41, 5.74) is 0.684. The van der Waals surface area contributed by atoms with Crippen molar-refractivity contribution in [2.45, 2.75) is 38.7 Å². The van der Waals surface area contributed by atoms with E-state index >= 15 is 0 Å². The molecule has 1 saturated heterocycles. The van der Waals surface area contributed by atoms with E-state index in [0.29, 0.717) is 17.9 Å². The summed E-state index contributed by atoms with van der Waals surface area (Å²) in [5.74, 6) is 0.348. The van der Waals surface area contributed by atoms with Gasteiger partial charge in [-0.05, 0) is 38.7 Å². The zero-order valence-electron chi connectivity index (χ0n) is 11.1. The molecule has 0 amide bonds. The number of rotatable bonds is 5. The number of nitro groups is 1. The van der Waals surface area contributed by atoms with Crippen LogP contribution in [0.4, 0.5) is 11.5 Å². The van der Waals surface area contributed by atoms with Gasteiger partial charge in [-0.15, -0.1) is 0 Å². The van der Waals surface area contributed by atoms with Crippen molar-refractivity contribution < 1.29 is 9.66 Å². The maximum Gasteiger partial charge on any atom is 0.314 e. The third-order valence-electron chi connectivity index (χ3n) is 3.34. The maximum absolute atomic E-state index is 11.0. The predicted octanol–water partition coefficient (Wildman–Crippen LogP) is 2.67. The van der Waals surface area contributed by atoms with Crippen molar-refractivity contribution in [2.24, 2.45) is 0 Å². The van der Waals surface area contributed by atoms with E-state index in [2.05, 4.69) is 10.3 Å². The minimum absolute atomic E-state index is 0.0621. The van der Waals surface area contributed by atoms with E-state index < -0.39 is 0 Å². The molecule has 0 saturated carbocycles. The van der Waals surface area contributed by atoms with Gasteiger partial charge in [0.15, 0.2) is 0 Å². The van der Waals surface area contributed by atoms with Crippen molar-refractivity contribution in [3.63, 3.8) is 0 Å². The van der Waals surface area contributed by atoms with E-state index in [1.807, 2.05) is 0 Å². The summed E-state index contributed by atoms with van der Waals surface area (Å²) in [6.07, 6.45) is 6.12. The van der Waals surface area contributed by atoms with Crippen molar-refractivity contribution in [3.05, 3.63) is 27.9 Å². The molecule has 0 radical (unpaired) electrons. The Hall–Kier alpha value is -1.69. The van der Waals surface area contributed by atoms with Gasteiger partial charge in [-0.3, -0.25) is 10.1 Å². The molecule has 0 aliphatic carbocycles. The number of aryl methyl sites for hydroxylation is 1. The lowest BCUT2D eigenvalue weighted by Gasteiger charge is -2.22. The summed E-state index contributed by atoms with van der Waals surface area (Å²) < 4.78 is 5.62. The van der Waals surface area contributed by atoms with Gasteiger partial charge < -0.3 is 10.1 Å². The van der Waals surface area contributed by atoms with Crippen molar-refractivity contribution in [1.82, 2.24) is 4.98 Å². The van der Waals surface area contributed by atoms with Gasteiger partial charge in [0.05, 0.1) is 11.0 Å². The Bertz CT molecular complexity index is 445. The van der Waals surface area contributed by atoms with Crippen LogP contribution in [0.2, 0.25) is 0 Å². The summed E-state index contributed by atoms with van der Waals surface area (Å²) in [5, 5.41) is 14.1. The predicted molar refractivity (Wildman–Crippen MR) is 72.3 cm³/mol. The first-order chi connectivity index (χ1) is 9.18. The zero-order chi connectivity index (χ0) is 13.7. The largest absolute Gasteiger partial charge is 0.378 e. The third kappa shape index (κ3) is 3.64. The van der Waals surface area contributed by atoms with E-state index in [9.17, 15) is 10.1 Å². The highest BCUT2D eigenvalue weighted by Crippen LogP contribution is 2.25. The molecule has 6 nitrogen and oxygen atoms in total. The number of nitrogens with zero attached hydrogens (tertiary/aromatic N) is 2. The first-order valence-corrected chi connectivity index (χ1v) is 6.64. The van der Waals surface area contributed by atoms with Crippen LogP contribution in [0.5, 0.6) is 0 Å². The number of hydrogen-bond donors (Lipinski definition) is 1. The second-order valence-corrected chi connectivity index (χ2v) is 4.79. The summed E-state index contributed by atoms with van der Waals surface area (Å²) in [6, 6.07) is 1.65. The molecule has 1 unspecified atom stereocenters. The van der Waals surface area contributed by atoms with E-state index in [-0.39, 0.29) is 16.7 Å². The van der Waals surface area contributed by atoms with Crippen molar-refractivity contribution in [1.29, 1.82) is 0 Å². The van der Waals surface area contributed by atoms with Gasteiger partial charge in [0.25, 0.3) is 0 Å². The van der Waals surface area contributed by atoms with Crippen LogP contribution in [0.15, 0.2) is 12.3 Å². The molecule has 1 aromatic rings. The first-order valence-electron chi connectivity index (χ1n) is 6.64. The molecule has 1 aromatic heterocycles. The zero-order valence-corrected chi connectivity index (χ0v) is 11.1. The quantitative estimate of drug-likeness (QED) is 0.654. The normalized spacial score (nSPS) is 19.1. The van der Waals surface area contributed by atoms with Gasteiger partial charge in [-0.25, -0.2) is 4.98 Å². The van der Waals surface area contributed by atoms with Crippen LogP contribution in [0.1, 0.15) is 31.2 Å². The first kappa shape index (κ1) is 13.7. The lowest BCUT2D eigenvalue weighted by molar-refractivity contribution is -0.384. The fraction of sp³-hybridized carbons (Fsp3) is 0.615. The molecule has 0 aromatic carbocycles. The Morgan fingerprint density at radius 1 is 1.58 bits per heavy atom. The fourth-order valence-electron chi connectivity index (χ4n) is 2.30. The van der Waals surface area contributed by atoms with Gasteiger partial charge in [0.2, 0.25) is 5.82 Å². The second kappa shape index (κ2) is 6.47. The van der Waals surface area contributed by atoms with E-state index in [1.165, 1.54) is 6.42 Å². The molecule has 0 bridgehead atoms. The molecule has 0 spiro atoms. The number of ether oxygens (including phenoxy) is 1. The molecule has 1 aliphatic rings. The van der Waals surface area contributed by atoms with Crippen molar-refractivity contribution >= 4 is 11.5 Å². The highest BCUT2D eigenvalue weighted by molar-refractivity contribution is 5.59. The number of nitrogens with one attached hydrogen (secondary N) is 1. The third-order valence-corrected chi connectivity index (χ3v) is 3.34.